The Hall–Kier alpha value is -2.10. The number of carbonyl (C=O) groups is 1. The lowest BCUT2D eigenvalue weighted by atomic mass is 9.95. The quantitative estimate of drug-likeness (QED) is 0.741. The van der Waals surface area contributed by atoms with E-state index in [1.54, 1.807) is 12.1 Å². The molecule has 0 heterocycles. The van der Waals surface area contributed by atoms with Crippen molar-refractivity contribution in [3.05, 3.63) is 60.2 Å². The largest absolute Gasteiger partial charge is 0.398 e. The van der Waals surface area contributed by atoms with Gasteiger partial charge in [-0.3, -0.25) is 4.79 Å². The summed E-state index contributed by atoms with van der Waals surface area (Å²) in [4.78, 5) is 11.9. The van der Waals surface area contributed by atoms with Gasteiger partial charge in [0.2, 0.25) is 0 Å². The van der Waals surface area contributed by atoms with Gasteiger partial charge in [0.1, 0.15) is 5.92 Å². The van der Waals surface area contributed by atoms with Gasteiger partial charge in [0.05, 0.1) is 0 Å². The van der Waals surface area contributed by atoms with Crippen LogP contribution in [0.2, 0.25) is 0 Å². The van der Waals surface area contributed by atoms with Gasteiger partial charge in [-0.15, -0.1) is 0 Å². The van der Waals surface area contributed by atoms with Gasteiger partial charge >= 0.3 is 6.18 Å². The maximum atomic E-state index is 12.6. The molecule has 4 heteroatoms. The van der Waals surface area contributed by atoms with Crippen molar-refractivity contribution in [3.63, 3.8) is 0 Å². The van der Waals surface area contributed by atoms with Crippen molar-refractivity contribution in [1.82, 2.24) is 0 Å². The predicted molar refractivity (Wildman–Crippen MR) is 71.4 cm³/mol. The van der Waals surface area contributed by atoms with Gasteiger partial charge in [-0.1, -0.05) is 48.5 Å². The van der Waals surface area contributed by atoms with Crippen LogP contribution in [-0.2, 0) is 0 Å². The Morgan fingerprint density at radius 2 is 1.55 bits per heavy atom. The van der Waals surface area contributed by atoms with Crippen molar-refractivity contribution in [3.8, 4) is 11.1 Å². The van der Waals surface area contributed by atoms with Gasteiger partial charge in [-0.05, 0) is 24.1 Å². The van der Waals surface area contributed by atoms with Crippen molar-refractivity contribution in [1.29, 1.82) is 0 Å². The Balaban J connectivity index is 2.34. The van der Waals surface area contributed by atoms with E-state index in [2.05, 4.69) is 0 Å². The average Bonchev–Trinajstić information content (AvgIpc) is 2.46. The molecule has 1 atom stereocenters. The van der Waals surface area contributed by atoms with E-state index in [0.29, 0.717) is 0 Å². The van der Waals surface area contributed by atoms with Crippen LogP contribution in [0.4, 0.5) is 13.2 Å². The molecule has 2 aromatic rings. The molecule has 0 aliphatic rings. The number of rotatable bonds is 3. The molecule has 20 heavy (non-hydrogen) atoms. The molecule has 0 bridgehead atoms. The highest BCUT2D eigenvalue weighted by atomic mass is 19.4. The number of hydrogen-bond donors (Lipinski definition) is 0. The van der Waals surface area contributed by atoms with Crippen molar-refractivity contribution < 1.29 is 18.0 Å². The van der Waals surface area contributed by atoms with E-state index in [1.807, 2.05) is 30.3 Å². The number of benzene rings is 2. The number of halogens is 3. The van der Waals surface area contributed by atoms with Crippen molar-refractivity contribution in [2.75, 3.05) is 0 Å². The van der Waals surface area contributed by atoms with E-state index >= 15 is 0 Å². The molecule has 0 saturated carbocycles. The number of Topliss-reactive ketones (excluding diaryl/α,β-unsaturated/α-hetero) is 1. The summed E-state index contributed by atoms with van der Waals surface area (Å²) in [6.45, 7) is 0.886. The van der Waals surface area contributed by atoms with E-state index in [-0.39, 0.29) is 5.56 Å². The Labute approximate surface area is 115 Å². The second-order valence-corrected chi connectivity index (χ2v) is 4.57. The van der Waals surface area contributed by atoms with E-state index in [0.717, 1.165) is 18.1 Å². The Morgan fingerprint density at radius 3 is 2.15 bits per heavy atom. The van der Waals surface area contributed by atoms with Gasteiger partial charge in [0, 0.05) is 5.56 Å². The third kappa shape index (κ3) is 3.07. The first-order valence-corrected chi connectivity index (χ1v) is 6.16. The van der Waals surface area contributed by atoms with E-state index in [1.165, 1.54) is 12.1 Å². The van der Waals surface area contributed by atoms with Gasteiger partial charge in [0.25, 0.3) is 0 Å². The van der Waals surface area contributed by atoms with Crippen LogP contribution in [0.5, 0.6) is 0 Å². The summed E-state index contributed by atoms with van der Waals surface area (Å²) < 4.78 is 37.8. The van der Waals surface area contributed by atoms with Crippen LogP contribution in [0.1, 0.15) is 17.3 Å². The molecule has 2 aromatic carbocycles. The predicted octanol–water partition coefficient (Wildman–Crippen LogP) is 4.73. The van der Waals surface area contributed by atoms with Gasteiger partial charge in [0.15, 0.2) is 5.78 Å². The fourth-order valence-electron chi connectivity index (χ4n) is 1.88. The lowest BCUT2D eigenvalue weighted by molar-refractivity contribution is -0.155. The molecular formula is C16H13F3O. The standard InChI is InChI=1S/C16H13F3O/c1-11(16(17,18)19)15(20)14-9-5-8-13(10-14)12-6-3-2-4-7-12/h2-11H,1H3. The highest BCUT2D eigenvalue weighted by Gasteiger charge is 2.41. The van der Waals surface area contributed by atoms with Crippen molar-refractivity contribution in [2.45, 2.75) is 13.1 Å². The van der Waals surface area contributed by atoms with Crippen LogP contribution >= 0.6 is 0 Å². The minimum Gasteiger partial charge on any atom is -0.294 e. The van der Waals surface area contributed by atoms with Crippen molar-refractivity contribution in [2.24, 2.45) is 5.92 Å². The first-order valence-electron chi connectivity index (χ1n) is 6.16. The van der Waals surface area contributed by atoms with E-state index in [9.17, 15) is 18.0 Å². The molecule has 0 aliphatic heterocycles. The van der Waals surface area contributed by atoms with Crippen LogP contribution in [0.15, 0.2) is 54.6 Å². The summed E-state index contributed by atoms with van der Waals surface area (Å²) in [6, 6.07) is 15.5. The smallest absolute Gasteiger partial charge is 0.294 e. The SMILES string of the molecule is CC(C(=O)c1cccc(-c2ccccc2)c1)C(F)(F)F. The maximum Gasteiger partial charge on any atom is 0.398 e. The van der Waals surface area contributed by atoms with Gasteiger partial charge < -0.3 is 0 Å². The van der Waals surface area contributed by atoms with Crippen LogP contribution in [0.3, 0.4) is 0 Å². The maximum absolute atomic E-state index is 12.6. The fraction of sp³-hybridized carbons (Fsp3) is 0.188. The van der Waals surface area contributed by atoms with E-state index < -0.39 is 17.9 Å². The lowest BCUT2D eigenvalue weighted by Crippen LogP contribution is -2.28. The molecule has 0 N–H and O–H groups in total. The number of alkyl halides is 3. The summed E-state index contributed by atoms with van der Waals surface area (Å²) in [7, 11) is 0. The molecule has 0 fully saturated rings. The molecule has 0 aromatic heterocycles. The van der Waals surface area contributed by atoms with Crippen LogP contribution in [0, 0.1) is 5.92 Å². The molecule has 0 amide bonds. The minimum absolute atomic E-state index is 0.0798. The Morgan fingerprint density at radius 1 is 0.950 bits per heavy atom. The second-order valence-electron chi connectivity index (χ2n) is 4.57. The molecule has 0 radical (unpaired) electrons. The monoisotopic (exact) mass is 278 g/mol. The molecule has 2 rings (SSSR count). The second kappa shape index (κ2) is 5.49. The first-order chi connectivity index (χ1) is 9.39. The Bertz CT molecular complexity index is 603. The number of carbonyl (C=O) groups excluding carboxylic acids is 1. The van der Waals surface area contributed by atoms with Gasteiger partial charge in [-0.25, -0.2) is 0 Å². The van der Waals surface area contributed by atoms with Gasteiger partial charge in [-0.2, -0.15) is 13.2 Å². The zero-order valence-corrected chi connectivity index (χ0v) is 10.8. The topological polar surface area (TPSA) is 17.1 Å². The van der Waals surface area contributed by atoms with Crippen molar-refractivity contribution >= 4 is 5.78 Å². The third-order valence-corrected chi connectivity index (χ3v) is 3.14. The molecule has 104 valence electrons. The van der Waals surface area contributed by atoms with Crippen LogP contribution < -0.4 is 0 Å². The van der Waals surface area contributed by atoms with Crippen LogP contribution in [0.25, 0.3) is 11.1 Å². The molecule has 0 aliphatic carbocycles. The summed E-state index contributed by atoms with van der Waals surface area (Å²) in [6.07, 6.45) is -4.51. The molecule has 0 saturated heterocycles. The molecular weight excluding hydrogens is 265 g/mol. The number of hydrogen-bond acceptors (Lipinski definition) is 1. The summed E-state index contributed by atoms with van der Waals surface area (Å²) in [5.41, 5.74) is 1.67. The average molecular weight is 278 g/mol. The lowest BCUT2D eigenvalue weighted by Gasteiger charge is -2.14. The number of ketones is 1. The van der Waals surface area contributed by atoms with E-state index in [4.69, 9.17) is 0 Å². The summed E-state index contributed by atoms with van der Waals surface area (Å²) >= 11 is 0. The zero-order valence-electron chi connectivity index (χ0n) is 10.8. The third-order valence-electron chi connectivity index (χ3n) is 3.14. The molecule has 1 nitrogen and oxygen atoms in total. The minimum atomic E-state index is -4.51. The molecule has 1 unspecified atom stereocenters. The normalized spacial score (nSPS) is 13.0. The zero-order chi connectivity index (χ0) is 14.8. The molecule has 0 spiro atoms. The first kappa shape index (κ1) is 14.3. The Kier molecular flexibility index (Phi) is 3.93. The fourth-order valence-corrected chi connectivity index (χ4v) is 1.88. The highest BCUT2D eigenvalue weighted by Crippen LogP contribution is 2.29. The summed E-state index contributed by atoms with van der Waals surface area (Å²) in [5, 5.41) is 0. The van der Waals surface area contributed by atoms with Crippen LogP contribution in [-0.4, -0.2) is 12.0 Å². The highest BCUT2D eigenvalue weighted by molar-refractivity contribution is 5.99. The summed E-state index contributed by atoms with van der Waals surface area (Å²) in [5.74, 6) is -2.90.